The van der Waals surface area contributed by atoms with Gasteiger partial charge < -0.3 is 10.1 Å². The van der Waals surface area contributed by atoms with Crippen LogP contribution in [0.1, 0.15) is 29.5 Å². The Balaban J connectivity index is 1.77. The van der Waals surface area contributed by atoms with E-state index in [9.17, 15) is 39.5 Å². The van der Waals surface area contributed by atoms with E-state index in [0.717, 1.165) is 17.7 Å². The van der Waals surface area contributed by atoms with E-state index in [1.807, 2.05) is 0 Å². The highest BCUT2D eigenvalue weighted by Gasteiger charge is 2.34. The van der Waals surface area contributed by atoms with Crippen LogP contribution in [0.3, 0.4) is 0 Å². The second kappa shape index (κ2) is 13.9. The fourth-order valence-electron chi connectivity index (χ4n) is 3.81. The number of hydrogen-bond acceptors (Lipinski definition) is 2. The Morgan fingerprint density at radius 3 is 2.15 bits per heavy atom. The molecule has 0 saturated heterocycles. The van der Waals surface area contributed by atoms with Crippen LogP contribution in [-0.2, 0) is 6.54 Å². The van der Waals surface area contributed by atoms with E-state index in [1.165, 1.54) is 12.1 Å². The Labute approximate surface area is 230 Å². The average Bonchev–Trinajstić information content (AvgIpc) is 2.87. The van der Waals surface area contributed by atoms with Crippen molar-refractivity contribution in [1.82, 2.24) is 5.32 Å². The Hall–Kier alpha value is -4.17. The molecule has 0 aliphatic carbocycles. The van der Waals surface area contributed by atoms with E-state index < -0.39 is 65.8 Å². The molecule has 3 aromatic rings. The summed E-state index contributed by atoms with van der Waals surface area (Å²) < 4.78 is 128. The highest BCUT2D eigenvalue weighted by molar-refractivity contribution is 5.77. The van der Waals surface area contributed by atoms with Gasteiger partial charge in [0.05, 0.1) is 12.1 Å². The summed E-state index contributed by atoms with van der Waals surface area (Å²) in [5.74, 6) is -4.86. The lowest BCUT2D eigenvalue weighted by Gasteiger charge is -2.18. The fourth-order valence-corrected chi connectivity index (χ4v) is 3.81. The zero-order chi connectivity index (χ0) is 30.2. The van der Waals surface area contributed by atoms with Gasteiger partial charge in [-0.25, -0.2) is 30.7 Å². The molecule has 216 valence electrons. The Bertz CT molecular complexity index is 1430. The van der Waals surface area contributed by atoms with Gasteiger partial charge in [-0.1, -0.05) is 42.3 Å². The molecule has 0 radical (unpaired) electrons. The van der Waals surface area contributed by atoms with Crippen molar-refractivity contribution in [3.05, 3.63) is 107 Å². The van der Waals surface area contributed by atoms with E-state index in [2.05, 4.69) is 16.0 Å². The lowest BCUT2D eigenvalue weighted by Crippen LogP contribution is -2.25. The number of terminal acetylenes is 1. The first-order chi connectivity index (χ1) is 19.4. The molecule has 1 N–H and O–H groups in total. The maximum absolute atomic E-state index is 15.0. The second-order valence-electron chi connectivity index (χ2n) is 8.62. The van der Waals surface area contributed by atoms with Gasteiger partial charge in [0.1, 0.15) is 42.1 Å². The lowest BCUT2D eigenvalue weighted by atomic mass is 9.98. The van der Waals surface area contributed by atoms with Gasteiger partial charge in [0.15, 0.2) is 0 Å². The number of allylic oxidation sites excluding steroid dienone is 3. The molecular formula is C30H22F9NO. The third-order valence-corrected chi connectivity index (χ3v) is 5.65. The highest BCUT2D eigenvalue weighted by atomic mass is 19.3. The van der Waals surface area contributed by atoms with E-state index in [4.69, 9.17) is 6.42 Å². The molecule has 0 aromatic heterocycles. The molecule has 0 aliphatic heterocycles. The van der Waals surface area contributed by atoms with Gasteiger partial charge in [0, 0.05) is 24.2 Å². The SMILES string of the molecule is C#CCNCc1ccc(-c2ccc(/C(C=C(F)CC(F)(F)Oc3cc(F)c(C(F)F)c(F)c3)=C/CF)c(F)c2)cc1. The molecule has 11 heteroatoms. The molecule has 0 unspecified atom stereocenters. The van der Waals surface area contributed by atoms with Crippen LogP contribution in [0.25, 0.3) is 16.7 Å². The van der Waals surface area contributed by atoms with Crippen LogP contribution in [0.4, 0.5) is 39.5 Å². The number of benzene rings is 3. The summed E-state index contributed by atoms with van der Waals surface area (Å²) in [6.07, 6.45) is -3.33. The molecule has 0 fully saturated rings. The number of halogens is 9. The number of ether oxygens (including phenoxy) is 1. The molecule has 0 atom stereocenters. The van der Waals surface area contributed by atoms with E-state index >= 15 is 0 Å². The molecule has 0 bridgehead atoms. The molecule has 0 saturated carbocycles. The maximum Gasteiger partial charge on any atom is 0.404 e. The smallest absolute Gasteiger partial charge is 0.404 e. The molecule has 3 rings (SSSR count). The van der Waals surface area contributed by atoms with Crippen molar-refractivity contribution in [1.29, 1.82) is 0 Å². The summed E-state index contributed by atoms with van der Waals surface area (Å²) in [5, 5.41) is 3.02. The van der Waals surface area contributed by atoms with Gasteiger partial charge in [0.2, 0.25) is 0 Å². The third kappa shape index (κ3) is 8.66. The third-order valence-electron chi connectivity index (χ3n) is 5.65. The standard InChI is InChI=1S/C30H22F9NO/c1-2-11-40-17-18-3-5-19(6-4-18)20-7-8-24(25(33)13-20)21(9-10-31)12-22(32)16-30(38,39)41-23-14-26(34)28(29(36)37)27(35)15-23/h1,3-9,12-15,29,40H,10-11,16-17H2/b21-9+,22-12?. The van der Waals surface area contributed by atoms with Crippen LogP contribution < -0.4 is 10.1 Å². The predicted molar refractivity (Wildman–Crippen MR) is 137 cm³/mol. The van der Waals surface area contributed by atoms with Gasteiger partial charge in [-0.05, 0) is 40.5 Å². The van der Waals surface area contributed by atoms with Gasteiger partial charge in [-0.3, -0.25) is 0 Å². The Morgan fingerprint density at radius 1 is 0.951 bits per heavy atom. The fraction of sp³-hybridized carbons (Fsp3) is 0.200. The monoisotopic (exact) mass is 583 g/mol. The molecule has 2 nitrogen and oxygen atoms in total. The summed E-state index contributed by atoms with van der Waals surface area (Å²) in [6.45, 7) is -0.270. The van der Waals surface area contributed by atoms with Crippen molar-refractivity contribution < 1.29 is 44.3 Å². The van der Waals surface area contributed by atoms with Crippen molar-refractivity contribution >= 4 is 5.57 Å². The topological polar surface area (TPSA) is 21.3 Å². The van der Waals surface area contributed by atoms with Crippen molar-refractivity contribution in [3.63, 3.8) is 0 Å². The minimum atomic E-state index is -4.41. The first-order valence-electron chi connectivity index (χ1n) is 11.9. The maximum atomic E-state index is 15.0. The van der Waals surface area contributed by atoms with Crippen LogP contribution in [0.15, 0.2) is 72.6 Å². The first-order valence-corrected chi connectivity index (χ1v) is 11.9. The van der Waals surface area contributed by atoms with Gasteiger partial charge in [-0.2, -0.15) is 8.78 Å². The first kappa shape index (κ1) is 31.4. The predicted octanol–water partition coefficient (Wildman–Crippen LogP) is 8.70. The summed E-state index contributed by atoms with van der Waals surface area (Å²) in [4.78, 5) is 0. The van der Waals surface area contributed by atoms with Crippen LogP contribution >= 0.6 is 0 Å². The van der Waals surface area contributed by atoms with E-state index in [1.54, 1.807) is 24.3 Å². The Morgan fingerprint density at radius 2 is 1.59 bits per heavy atom. The summed E-state index contributed by atoms with van der Waals surface area (Å²) in [6, 6.07) is 11.1. The van der Waals surface area contributed by atoms with Gasteiger partial charge in [-0.15, -0.1) is 6.42 Å². The zero-order valence-electron chi connectivity index (χ0n) is 21.1. The van der Waals surface area contributed by atoms with E-state index in [-0.39, 0.29) is 17.7 Å². The molecule has 0 amide bonds. The largest absolute Gasteiger partial charge is 0.432 e. The second-order valence-corrected chi connectivity index (χ2v) is 8.62. The zero-order valence-corrected chi connectivity index (χ0v) is 21.1. The van der Waals surface area contributed by atoms with Gasteiger partial charge in [0.25, 0.3) is 6.43 Å². The molecule has 0 aliphatic rings. The van der Waals surface area contributed by atoms with Crippen molar-refractivity contribution in [2.45, 2.75) is 25.5 Å². The summed E-state index contributed by atoms with van der Waals surface area (Å²) >= 11 is 0. The highest BCUT2D eigenvalue weighted by Crippen LogP contribution is 2.34. The van der Waals surface area contributed by atoms with Crippen LogP contribution in [0.2, 0.25) is 0 Å². The number of nitrogens with one attached hydrogen (secondary N) is 1. The minimum absolute atomic E-state index is 0.106. The van der Waals surface area contributed by atoms with Crippen molar-refractivity contribution in [2.24, 2.45) is 0 Å². The van der Waals surface area contributed by atoms with Crippen molar-refractivity contribution in [2.75, 3.05) is 13.2 Å². The number of rotatable bonds is 12. The molecule has 0 heterocycles. The van der Waals surface area contributed by atoms with Crippen LogP contribution in [0, 0.1) is 29.8 Å². The molecule has 41 heavy (non-hydrogen) atoms. The summed E-state index contributed by atoms with van der Waals surface area (Å²) in [7, 11) is 0. The van der Waals surface area contributed by atoms with Crippen LogP contribution in [-0.4, -0.2) is 19.3 Å². The van der Waals surface area contributed by atoms with Crippen molar-refractivity contribution in [3.8, 4) is 29.2 Å². The van der Waals surface area contributed by atoms with E-state index in [0.29, 0.717) is 30.3 Å². The normalized spacial score (nSPS) is 12.5. The molecular weight excluding hydrogens is 561 g/mol. The summed E-state index contributed by atoms with van der Waals surface area (Å²) in [5.41, 5.74) is -0.302. The molecule has 0 spiro atoms. The quantitative estimate of drug-likeness (QED) is 0.0997. The molecule has 3 aromatic carbocycles. The minimum Gasteiger partial charge on any atom is -0.432 e. The van der Waals surface area contributed by atoms with Crippen LogP contribution in [0.5, 0.6) is 5.75 Å². The lowest BCUT2D eigenvalue weighted by molar-refractivity contribution is -0.176. The van der Waals surface area contributed by atoms with Gasteiger partial charge >= 0.3 is 6.11 Å². The average molecular weight is 583 g/mol. The number of alkyl halides is 5. The number of hydrogen-bond donors (Lipinski definition) is 1. The Kier molecular flexibility index (Phi) is 10.7.